The molecule has 3 heterocycles. The van der Waals surface area contributed by atoms with Crippen LogP contribution in [0.3, 0.4) is 0 Å². The van der Waals surface area contributed by atoms with Crippen LogP contribution >= 0.6 is 11.8 Å². The molecule has 0 saturated heterocycles. The van der Waals surface area contributed by atoms with Crippen molar-refractivity contribution in [1.82, 2.24) is 19.6 Å². The van der Waals surface area contributed by atoms with Crippen molar-refractivity contribution < 1.29 is 0 Å². The van der Waals surface area contributed by atoms with Crippen LogP contribution in [0.4, 0.5) is 5.69 Å². The van der Waals surface area contributed by atoms with Crippen molar-refractivity contribution >= 4 is 23.1 Å². The van der Waals surface area contributed by atoms with Crippen LogP contribution in [0.5, 0.6) is 0 Å². The van der Waals surface area contributed by atoms with Gasteiger partial charge in [-0.2, -0.15) is 5.26 Å². The van der Waals surface area contributed by atoms with Crippen molar-refractivity contribution in [2.24, 2.45) is 0 Å². The predicted molar refractivity (Wildman–Crippen MR) is 70.5 cm³/mol. The van der Waals surface area contributed by atoms with Crippen LogP contribution in [0.15, 0.2) is 46.8 Å². The molecule has 3 aromatic rings. The van der Waals surface area contributed by atoms with Crippen molar-refractivity contribution in [1.29, 1.82) is 5.26 Å². The topological polar surface area (TPSA) is 92.9 Å². The van der Waals surface area contributed by atoms with Gasteiger partial charge in [0.2, 0.25) is 5.16 Å². The number of nitrogen functional groups attached to an aromatic ring is 1. The average molecular weight is 268 g/mol. The standard InChI is InChI=1S/C12H8N6S/c13-6-8-5-9(14)11(15-7-8)19-12-17-16-10-3-1-2-4-18(10)12/h1-5,7H,14H2. The number of nitrogens with two attached hydrogens (primary N) is 1. The minimum absolute atomic E-state index is 0.438. The minimum atomic E-state index is 0.438. The SMILES string of the molecule is N#Cc1cnc(Sc2nnc3ccccn23)c(N)c1. The van der Waals surface area contributed by atoms with Gasteiger partial charge in [0.1, 0.15) is 11.1 Å². The second-order valence-electron chi connectivity index (χ2n) is 3.74. The van der Waals surface area contributed by atoms with Gasteiger partial charge in [-0.3, -0.25) is 4.40 Å². The van der Waals surface area contributed by atoms with Gasteiger partial charge < -0.3 is 5.73 Å². The first-order valence-electron chi connectivity index (χ1n) is 5.41. The molecule has 0 aliphatic carbocycles. The molecule has 2 N–H and O–H groups in total. The lowest BCUT2D eigenvalue weighted by molar-refractivity contribution is 0.917. The van der Waals surface area contributed by atoms with Crippen LogP contribution in [0.1, 0.15) is 5.56 Å². The summed E-state index contributed by atoms with van der Waals surface area (Å²) in [5.74, 6) is 0. The van der Waals surface area contributed by atoms with Gasteiger partial charge in [-0.25, -0.2) is 4.98 Å². The lowest BCUT2D eigenvalue weighted by Crippen LogP contribution is -1.94. The van der Waals surface area contributed by atoms with Crippen molar-refractivity contribution in [2.75, 3.05) is 5.73 Å². The molecule has 0 aliphatic rings. The van der Waals surface area contributed by atoms with Gasteiger partial charge in [-0.1, -0.05) is 6.07 Å². The third kappa shape index (κ3) is 2.09. The first-order valence-corrected chi connectivity index (χ1v) is 6.23. The Morgan fingerprint density at radius 3 is 3.00 bits per heavy atom. The van der Waals surface area contributed by atoms with Gasteiger partial charge in [0.15, 0.2) is 5.65 Å². The van der Waals surface area contributed by atoms with Crippen LogP contribution in [0, 0.1) is 11.3 Å². The number of anilines is 1. The maximum absolute atomic E-state index is 8.77. The van der Waals surface area contributed by atoms with Crippen LogP contribution in [0.2, 0.25) is 0 Å². The maximum atomic E-state index is 8.77. The van der Waals surface area contributed by atoms with Gasteiger partial charge in [-0.15, -0.1) is 10.2 Å². The zero-order valence-corrected chi connectivity index (χ0v) is 10.5. The molecule has 0 bridgehead atoms. The smallest absolute Gasteiger partial charge is 0.201 e. The minimum Gasteiger partial charge on any atom is -0.396 e. The Balaban J connectivity index is 2.00. The third-order valence-electron chi connectivity index (χ3n) is 2.48. The molecule has 0 radical (unpaired) electrons. The monoisotopic (exact) mass is 268 g/mol. The highest BCUT2D eigenvalue weighted by Crippen LogP contribution is 2.29. The number of hydrogen-bond acceptors (Lipinski definition) is 6. The Morgan fingerprint density at radius 1 is 1.32 bits per heavy atom. The van der Waals surface area contributed by atoms with Gasteiger partial charge in [0.25, 0.3) is 0 Å². The van der Waals surface area contributed by atoms with E-state index in [1.54, 1.807) is 6.07 Å². The summed E-state index contributed by atoms with van der Waals surface area (Å²) < 4.78 is 1.85. The molecule has 0 aromatic carbocycles. The molecule has 7 heteroatoms. The van der Waals surface area contributed by atoms with E-state index >= 15 is 0 Å². The quantitative estimate of drug-likeness (QED) is 0.760. The third-order valence-corrected chi connectivity index (χ3v) is 3.47. The molecule has 0 saturated carbocycles. The van der Waals surface area contributed by atoms with Crippen LogP contribution in [-0.4, -0.2) is 19.6 Å². The van der Waals surface area contributed by atoms with E-state index in [2.05, 4.69) is 15.2 Å². The molecule has 0 atom stereocenters. The van der Waals surface area contributed by atoms with E-state index < -0.39 is 0 Å². The lowest BCUT2D eigenvalue weighted by atomic mass is 10.3. The number of aromatic nitrogens is 4. The summed E-state index contributed by atoms with van der Waals surface area (Å²) in [5.41, 5.74) is 7.52. The molecule has 92 valence electrons. The lowest BCUT2D eigenvalue weighted by Gasteiger charge is -2.02. The predicted octanol–water partition coefficient (Wildman–Crippen LogP) is 1.73. The number of nitriles is 1. The second-order valence-corrected chi connectivity index (χ2v) is 4.70. The first kappa shape index (κ1) is 11.5. The Hall–Kier alpha value is -2.59. The summed E-state index contributed by atoms with van der Waals surface area (Å²) in [5, 5.41) is 18.2. The van der Waals surface area contributed by atoms with E-state index in [4.69, 9.17) is 11.0 Å². The Morgan fingerprint density at radius 2 is 2.21 bits per heavy atom. The Kier molecular flexibility index (Phi) is 2.78. The number of rotatable bonds is 2. The van der Waals surface area contributed by atoms with Crippen molar-refractivity contribution in [2.45, 2.75) is 10.2 Å². The molecule has 0 amide bonds. The number of fused-ring (bicyclic) bond motifs is 1. The zero-order chi connectivity index (χ0) is 13.2. The maximum Gasteiger partial charge on any atom is 0.201 e. The van der Waals surface area contributed by atoms with Gasteiger partial charge in [0.05, 0.1) is 11.3 Å². The molecule has 0 spiro atoms. The molecular formula is C12H8N6S. The van der Waals surface area contributed by atoms with E-state index in [0.29, 0.717) is 21.4 Å². The summed E-state index contributed by atoms with van der Waals surface area (Å²) >= 11 is 1.31. The van der Waals surface area contributed by atoms with Gasteiger partial charge in [0, 0.05) is 12.4 Å². The highest BCUT2D eigenvalue weighted by molar-refractivity contribution is 7.99. The van der Waals surface area contributed by atoms with Gasteiger partial charge in [-0.05, 0) is 30.0 Å². The van der Waals surface area contributed by atoms with E-state index in [0.717, 1.165) is 5.65 Å². The first-order chi connectivity index (χ1) is 9.28. The fourth-order valence-electron chi connectivity index (χ4n) is 1.59. The largest absolute Gasteiger partial charge is 0.396 e. The highest BCUT2D eigenvalue weighted by Gasteiger charge is 2.10. The van der Waals surface area contributed by atoms with Crippen LogP contribution < -0.4 is 5.73 Å². The molecule has 0 unspecified atom stereocenters. The van der Waals surface area contributed by atoms with Crippen LogP contribution in [0.25, 0.3) is 5.65 Å². The summed E-state index contributed by atoms with van der Waals surface area (Å²) in [6.45, 7) is 0. The van der Waals surface area contributed by atoms with E-state index in [1.165, 1.54) is 18.0 Å². The average Bonchev–Trinajstić information content (AvgIpc) is 2.84. The fourth-order valence-corrected chi connectivity index (χ4v) is 2.38. The molecule has 3 rings (SSSR count). The zero-order valence-electron chi connectivity index (χ0n) is 9.69. The fraction of sp³-hybridized carbons (Fsp3) is 0. The van der Waals surface area contributed by atoms with E-state index in [1.807, 2.05) is 34.9 Å². The number of nitrogens with zero attached hydrogens (tertiary/aromatic N) is 5. The summed E-state index contributed by atoms with van der Waals surface area (Å²) in [4.78, 5) is 4.17. The molecular weight excluding hydrogens is 260 g/mol. The van der Waals surface area contributed by atoms with Crippen molar-refractivity contribution in [3.8, 4) is 6.07 Å². The Labute approximate surface area is 112 Å². The molecule has 0 aliphatic heterocycles. The highest BCUT2D eigenvalue weighted by atomic mass is 32.2. The number of pyridine rings is 2. The molecule has 19 heavy (non-hydrogen) atoms. The number of hydrogen-bond donors (Lipinski definition) is 1. The molecule has 3 aromatic heterocycles. The van der Waals surface area contributed by atoms with Gasteiger partial charge >= 0.3 is 0 Å². The second kappa shape index (κ2) is 4.59. The normalized spacial score (nSPS) is 10.5. The van der Waals surface area contributed by atoms with Crippen LogP contribution in [-0.2, 0) is 0 Å². The summed E-state index contributed by atoms with van der Waals surface area (Å²) in [6, 6.07) is 9.26. The van der Waals surface area contributed by atoms with E-state index in [-0.39, 0.29) is 0 Å². The van der Waals surface area contributed by atoms with Crippen molar-refractivity contribution in [3.05, 3.63) is 42.2 Å². The molecule has 0 fully saturated rings. The Bertz CT molecular complexity index is 788. The van der Waals surface area contributed by atoms with Crippen molar-refractivity contribution in [3.63, 3.8) is 0 Å². The molecule has 6 nitrogen and oxygen atoms in total. The van der Waals surface area contributed by atoms with E-state index in [9.17, 15) is 0 Å². The summed E-state index contributed by atoms with van der Waals surface area (Å²) in [6.07, 6.45) is 3.36. The summed E-state index contributed by atoms with van der Waals surface area (Å²) in [7, 11) is 0.